The van der Waals surface area contributed by atoms with Crippen LogP contribution in [-0.2, 0) is 11.2 Å². The van der Waals surface area contributed by atoms with Crippen molar-refractivity contribution < 1.29 is 9.53 Å². The zero-order valence-electron chi connectivity index (χ0n) is 21.0. The topological polar surface area (TPSA) is 84.7 Å². The highest BCUT2D eigenvalue weighted by atomic mass is 16.5. The van der Waals surface area contributed by atoms with Crippen LogP contribution >= 0.6 is 0 Å². The van der Waals surface area contributed by atoms with Gasteiger partial charge in [0.2, 0.25) is 5.91 Å². The summed E-state index contributed by atoms with van der Waals surface area (Å²) in [7, 11) is 1.65. The predicted molar refractivity (Wildman–Crippen MR) is 140 cm³/mol. The minimum absolute atomic E-state index is 0.00405. The van der Waals surface area contributed by atoms with Crippen molar-refractivity contribution >= 4 is 17.4 Å². The molecule has 1 saturated heterocycles. The molecule has 0 aliphatic carbocycles. The maximum atomic E-state index is 13.0. The summed E-state index contributed by atoms with van der Waals surface area (Å²) >= 11 is 0. The minimum atomic E-state index is -0.00405. The summed E-state index contributed by atoms with van der Waals surface area (Å²) < 4.78 is 7.04. The average Bonchev–Trinajstić information content (AvgIpc) is 3.36. The van der Waals surface area contributed by atoms with Crippen LogP contribution in [0, 0.1) is 5.92 Å². The molecule has 8 nitrogen and oxygen atoms in total. The molecule has 2 aromatic carbocycles. The quantitative estimate of drug-likeness (QED) is 0.417. The largest absolute Gasteiger partial charge is 0.497 e. The molecule has 3 heterocycles. The Balaban J connectivity index is 1.23. The van der Waals surface area contributed by atoms with E-state index in [4.69, 9.17) is 9.84 Å². The zero-order chi connectivity index (χ0) is 25.1. The van der Waals surface area contributed by atoms with E-state index in [0.717, 1.165) is 55.0 Å². The van der Waals surface area contributed by atoms with Crippen LogP contribution < -0.4 is 15.0 Å². The average molecular weight is 485 g/mol. The fourth-order valence-electron chi connectivity index (χ4n) is 4.70. The summed E-state index contributed by atoms with van der Waals surface area (Å²) in [6.45, 7) is 5.74. The first-order valence-electron chi connectivity index (χ1n) is 12.6. The molecule has 4 aromatic rings. The van der Waals surface area contributed by atoms with E-state index in [2.05, 4.69) is 51.6 Å². The molecular weight excluding hydrogens is 452 g/mol. The number of hydrogen-bond donors (Lipinski definition) is 1. The van der Waals surface area contributed by atoms with Gasteiger partial charge in [0, 0.05) is 24.6 Å². The Kier molecular flexibility index (Phi) is 6.84. The Morgan fingerprint density at radius 1 is 1.03 bits per heavy atom. The molecule has 2 aromatic heterocycles. The van der Waals surface area contributed by atoms with Crippen LogP contribution in [0.15, 0.2) is 60.7 Å². The number of carbonyl (C=O) groups excluding carboxylic acids is 1. The summed E-state index contributed by atoms with van der Waals surface area (Å²) in [6.07, 6.45) is 2.60. The van der Waals surface area contributed by atoms with Gasteiger partial charge in [-0.2, -0.15) is 4.52 Å². The van der Waals surface area contributed by atoms with E-state index >= 15 is 0 Å². The molecule has 0 unspecified atom stereocenters. The number of methoxy groups -OCH3 is 1. The van der Waals surface area contributed by atoms with Crippen LogP contribution in [0.5, 0.6) is 5.75 Å². The number of aromatic nitrogens is 4. The van der Waals surface area contributed by atoms with Gasteiger partial charge in [-0.05, 0) is 73.7 Å². The molecule has 0 radical (unpaired) electrons. The summed E-state index contributed by atoms with van der Waals surface area (Å²) in [4.78, 5) is 15.2. The van der Waals surface area contributed by atoms with Gasteiger partial charge >= 0.3 is 0 Å². The van der Waals surface area contributed by atoms with Crippen molar-refractivity contribution in [2.45, 2.75) is 39.2 Å². The molecule has 36 heavy (non-hydrogen) atoms. The smallest absolute Gasteiger partial charge is 0.223 e. The number of ether oxygens (including phenoxy) is 1. The second-order valence-electron chi connectivity index (χ2n) is 9.30. The van der Waals surface area contributed by atoms with Crippen LogP contribution in [0.1, 0.15) is 43.9 Å². The number of nitrogens with zero attached hydrogens (tertiary/aromatic N) is 5. The van der Waals surface area contributed by atoms with Crippen LogP contribution in [-0.4, -0.2) is 45.9 Å². The molecule has 186 valence electrons. The zero-order valence-corrected chi connectivity index (χ0v) is 21.0. The van der Waals surface area contributed by atoms with Gasteiger partial charge < -0.3 is 15.0 Å². The molecule has 1 aliphatic heterocycles. The highest BCUT2D eigenvalue weighted by Crippen LogP contribution is 2.26. The van der Waals surface area contributed by atoms with Crippen LogP contribution in [0.4, 0.5) is 5.82 Å². The molecular formula is C28H32N6O2. The minimum Gasteiger partial charge on any atom is -0.497 e. The van der Waals surface area contributed by atoms with Crippen LogP contribution in [0.3, 0.4) is 0 Å². The Hall–Kier alpha value is -3.94. The fourth-order valence-corrected chi connectivity index (χ4v) is 4.70. The van der Waals surface area contributed by atoms with Crippen LogP contribution in [0.25, 0.3) is 17.0 Å². The van der Waals surface area contributed by atoms with Crippen molar-refractivity contribution in [1.82, 2.24) is 25.1 Å². The number of aryl methyl sites for hydroxylation is 1. The molecule has 1 aliphatic rings. The fraction of sp³-hybridized carbons (Fsp3) is 0.357. The Morgan fingerprint density at radius 2 is 1.75 bits per heavy atom. The highest BCUT2D eigenvalue weighted by Gasteiger charge is 2.27. The van der Waals surface area contributed by atoms with Crippen molar-refractivity contribution in [2.75, 3.05) is 25.1 Å². The third-order valence-corrected chi connectivity index (χ3v) is 7.03. The molecule has 0 saturated carbocycles. The number of amides is 1. The standard InChI is InChI=1S/C28H32N6O2/c1-4-20-5-7-21(8-6-20)19(2)29-28(35)23-15-17-33(18-16-23)26-14-13-25-30-31-27(34(25)32-26)22-9-11-24(36-3)12-10-22/h5-14,19,23H,4,15-18H2,1-3H3,(H,29,35)/t19-/m0/s1. The lowest BCUT2D eigenvalue weighted by molar-refractivity contribution is -0.126. The number of piperidine rings is 1. The highest BCUT2D eigenvalue weighted by molar-refractivity contribution is 5.79. The predicted octanol–water partition coefficient (Wildman–Crippen LogP) is 4.46. The second-order valence-corrected chi connectivity index (χ2v) is 9.30. The van der Waals surface area contributed by atoms with E-state index in [1.807, 2.05) is 43.3 Å². The number of fused-ring (bicyclic) bond motifs is 1. The number of anilines is 1. The molecule has 1 atom stereocenters. The maximum absolute atomic E-state index is 13.0. The number of benzene rings is 2. The van der Waals surface area contributed by atoms with Gasteiger partial charge in [0.25, 0.3) is 0 Å². The molecule has 0 bridgehead atoms. The SMILES string of the molecule is CCc1ccc([C@H](C)NC(=O)C2CCN(c3ccc4nnc(-c5ccc(OC)cc5)n4n3)CC2)cc1. The van der Waals surface area contributed by atoms with Gasteiger partial charge in [-0.3, -0.25) is 4.79 Å². The van der Waals surface area contributed by atoms with Crippen molar-refractivity contribution in [3.63, 3.8) is 0 Å². The van der Waals surface area contributed by atoms with Crippen molar-refractivity contribution in [3.8, 4) is 17.1 Å². The van der Waals surface area contributed by atoms with Gasteiger partial charge in [-0.15, -0.1) is 15.3 Å². The normalized spacial score (nSPS) is 15.1. The van der Waals surface area contributed by atoms with E-state index in [1.54, 1.807) is 11.6 Å². The number of hydrogen-bond acceptors (Lipinski definition) is 6. The third kappa shape index (κ3) is 4.89. The summed E-state index contributed by atoms with van der Waals surface area (Å²) in [5.74, 6) is 2.47. The molecule has 8 heteroatoms. The Morgan fingerprint density at radius 3 is 2.42 bits per heavy atom. The molecule has 1 fully saturated rings. The first-order chi connectivity index (χ1) is 17.6. The van der Waals surface area contributed by atoms with E-state index in [9.17, 15) is 4.79 Å². The number of carbonyl (C=O) groups is 1. The lowest BCUT2D eigenvalue weighted by Gasteiger charge is -2.32. The lowest BCUT2D eigenvalue weighted by Crippen LogP contribution is -2.41. The number of nitrogens with one attached hydrogen (secondary N) is 1. The Labute approximate surface area is 211 Å². The lowest BCUT2D eigenvalue weighted by atomic mass is 9.95. The van der Waals surface area contributed by atoms with Crippen molar-refractivity contribution in [2.24, 2.45) is 5.92 Å². The first-order valence-corrected chi connectivity index (χ1v) is 12.6. The van der Waals surface area contributed by atoms with Gasteiger partial charge in [0.1, 0.15) is 11.6 Å². The molecule has 0 spiro atoms. The number of rotatable bonds is 7. The third-order valence-electron chi connectivity index (χ3n) is 7.03. The van der Waals surface area contributed by atoms with E-state index in [0.29, 0.717) is 11.5 Å². The molecule has 1 amide bonds. The molecule has 5 rings (SSSR count). The van der Waals surface area contributed by atoms with Crippen molar-refractivity contribution in [3.05, 3.63) is 71.8 Å². The maximum Gasteiger partial charge on any atom is 0.223 e. The van der Waals surface area contributed by atoms with Gasteiger partial charge in [-0.25, -0.2) is 0 Å². The van der Waals surface area contributed by atoms with E-state index in [-0.39, 0.29) is 17.9 Å². The van der Waals surface area contributed by atoms with Gasteiger partial charge in [0.05, 0.1) is 13.2 Å². The van der Waals surface area contributed by atoms with E-state index < -0.39 is 0 Å². The van der Waals surface area contributed by atoms with Gasteiger partial charge in [-0.1, -0.05) is 31.2 Å². The van der Waals surface area contributed by atoms with Crippen molar-refractivity contribution in [1.29, 1.82) is 0 Å². The second kappa shape index (κ2) is 10.4. The summed E-state index contributed by atoms with van der Waals surface area (Å²) in [6, 6.07) is 20.1. The Bertz CT molecular complexity index is 1320. The summed E-state index contributed by atoms with van der Waals surface area (Å²) in [5, 5.41) is 16.7. The van der Waals surface area contributed by atoms with Crippen LogP contribution in [0.2, 0.25) is 0 Å². The first kappa shape index (κ1) is 23.8. The van der Waals surface area contributed by atoms with E-state index in [1.165, 1.54) is 5.56 Å². The van der Waals surface area contributed by atoms with Gasteiger partial charge in [0.15, 0.2) is 11.5 Å². The molecule has 1 N–H and O–H groups in total. The summed E-state index contributed by atoms with van der Waals surface area (Å²) in [5.41, 5.74) is 4.05. The monoisotopic (exact) mass is 484 g/mol.